The third-order valence-corrected chi connectivity index (χ3v) is 5.88. The number of carbonyl (C=O) groups is 1. The molecule has 6 heteroatoms. The fraction of sp³-hybridized carbons (Fsp3) is 0.241. The molecule has 178 valence electrons. The highest BCUT2D eigenvalue weighted by atomic mass is 16.5. The number of benzene rings is 3. The molecule has 0 spiro atoms. The maximum absolute atomic E-state index is 12.6. The molecule has 1 saturated heterocycles. The highest BCUT2D eigenvalue weighted by Gasteiger charge is 2.14. The van der Waals surface area contributed by atoms with Gasteiger partial charge >= 0.3 is 0 Å². The zero-order chi connectivity index (χ0) is 24.5. The van der Waals surface area contributed by atoms with Gasteiger partial charge in [-0.15, -0.1) is 0 Å². The van der Waals surface area contributed by atoms with E-state index < -0.39 is 0 Å². The van der Waals surface area contributed by atoms with Gasteiger partial charge in [0.15, 0.2) is 5.78 Å². The molecule has 1 aliphatic rings. The number of allylic oxidation sites excluding steroid dienone is 1. The molecule has 35 heavy (non-hydrogen) atoms. The molecule has 0 radical (unpaired) electrons. The molecule has 3 aromatic carbocycles. The van der Waals surface area contributed by atoms with E-state index in [0.29, 0.717) is 12.2 Å². The predicted molar refractivity (Wildman–Crippen MR) is 134 cm³/mol. The molecule has 0 bridgehead atoms. The summed E-state index contributed by atoms with van der Waals surface area (Å²) in [4.78, 5) is 12.6. The smallest absolute Gasteiger partial charge is 0.160 e. The summed E-state index contributed by atoms with van der Waals surface area (Å²) in [5, 5.41) is 22.1. The molecule has 0 atom stereocenters. The average molecular weight is 469 g/mol. The fourth-order valence-electron chi connectivity index (χ4n) is 3.96. The van der Waals surface area contributed by atoms with Crippen molar-refractivity contribution < 1.29 is 19.4 Å². The number of rotatable bonds is 9. The molecule has 4 rings (SSSR count). The molecule has 1 aliphatic heterocycles. The molecule has 0 aromatic heterocycles. The third-order valence-electron chi connectivity index (χ3n) is 5.88. The van der Waals surface area contributed by atoms with Gasteiger partial charge in [0.25, 0.3) is 0 Å². The van der Waals surface area contributed by atoms with Crippen LogP contribution in [0.5, 0.6) is 17.2 Å². The summed E-state index contributed by atoms with van der Waals surface area (Å²) in [5.74, 6) is 1.35. The minimum absolute atomic E-state index is 0.0707. The summed E-state index contributed by atoms with van der Waals surface area (Å²) in [6.07, 6.45) is 5.56. The van der Waals surface area contributed by atoms with Gasteiger partial charge in [-0.2, -0.15) is 5.26 Å². The summed E-state index contributed by atoms with van der Waals surface area (Å²) >= 11 is 0. The van der Waals surface area contributed by atoms with Crippen LogP contribution in [0.2, 0.25) is 0 Å². The lowest BCUT2D eigenvalue weighted by Gasteiger charge is -2.24. The number of nitrogens with one attached hydrogen (secondary N) is 1. The first-order chi connectivity index (χ1) is 17.1. The first kappa shape index (κ1) is 24.1. The maximum Gasteiger partial charge on any atom is 0.160 e. The third kappa shape index (κ3) is 6.95. The minimum atomic E-state index is -0.102. The van der Waals surface area contributed by atoms with Crippen molar-refractivity contribution in [2.75, 3.05) is 13.1 Å². The Labute approximate surface area is 205 Å². The standard InChI is InChI=1S/C29H28N2O4/c30-19-23-10-8-21(16-29(23)33)9-11-25(32)17-22-4-1-2-5-24(22)20-34-27-6-3-7-28(18-27)35-26-12-14-31-15-13-26/h1-11,16,18,26,31,33H,12-15,17,20H2/b11-9+. The summed E-state index contributed by atoms with van der Waals surface area (Å²) in [6.45, 7) is 2.29. The second kappa shape index (κ2) is 11.9. The summed E-state index contributed by atoms with van der Waals surface area (Å²) in [5.41, 5.74) is 2.69. The molecule has 0 amide bonds. The Hall–Kier alpha value is -4.08. The van der Waals surface area contributed by atoms with Crippen LogP contribution in [0.25, 0.3) is 6.08 Å². The second-order valence-electron chi connectivity index (χ2n) is 8.46. The van der Waals surface area contributed by atoms with Crippen LogP contribution in [-0.2, 0) is 17.8 Å². The average Bonchev–Trinajstić information content (AvgIpc) is 2.88. The number of ether oxygens (including phenoxy) is 2. The van der Waals surface area contributed by atoms with Crippen LogP contribution in [0.3, 0.4) is 0 Å². The zero-order valence-electron chi connectivity index (χ0n) is 19.4. The first-order valence-corrected chi connectivity index (χ1v) is 11.7. The van der Waals surface area contributed by atoms with Crippen molar-refractivity contribution in [3.8, 4) is 23.3 Å². The molecule has 6 nitrogen and oxygen atoms in total. The first-order valence-electron chi connectivity index (χ1n) is 11.7. The van der Waals surface area contributed by atoms with E-state index >= 15 is 0 Å². The molecule has 1 heterocycles. The number of phenols is 1. The topological polar surface area (TPSA) is 91.6 Å². The van der Waals surface area contributed by atoms with E-state index in [-0.39, 0.29) is 29.6 Å². The number of phenolic OH excluding ortho intramolecular Hbond substituents is 1. The number of nitrogens with zero attached hydrogens (tertiary/aromatic N) is 1. The Bertz CT molecular complexity index is 1240. The van der Waals surface area contributed by atoms with Crippen molar-refractivity contribution in [1.29, 1.82) is 5.26 Å². The predicted octanol–water partition coefficient (Wildman–Crippen LogP) is 4.80. The van der Waals surface area contributed by atoms with E-state index in [4.69, 9.17) is 14.7 Å². The Morgan fingerprint density at radius 3 is 2.57 bits per heavy atom. The van der Waals surface area contributed by atoms with Gasteiger partial charge in [-0.3, -0.25) is 4.79 Å². The van der Waals surface area contributed by atoms with Gasteiger partial charge in [0.05, 0.1) is 5.56 Å². The zero-order valence-corrected chi connectivity index (χ0v) is 19.4. The molecule has 1 fully saturated rings. The molecule has 0 saturated carbocycles. The van der Waals surface area contributed by atoms with Crippen molar-refractivity contribution >= 4 is 11.9 Å². The number of piperidine rings is 1. The highest BCUT2D eigenvalue weighted by Crippen LogP contribution is 2.24. The molecule has 3 aromatic rings. The van der Waals surface area contributed by atoms with Crippen molar-refractivity contribution in [2.24, 2.45) is 0 Å². The highest BCUT2D eigenvalue weighted by molar-refractivity contribution is 5.95. The second-order valence-corrected chi connectivity index (χ2v) is 8.46. The molecular formula is C29H28N2O4. The van der Waals surface area contributed by atoms with Crippen molar-refractivity contribution in [3.63, 3.8) is 0 Å². The molecule has 0 aliphatic carbocycles. The van der Waals surface area contributed by atoms with Crippen LogP contribution >= 0.6 is 0 Å². The Morgan fingerprint density at radius 2 is 1.80 bits per heavy atom. The minimum Gasteiger partial charge on any atom is -0.507 e. The van der Waals surface area contributed by atoms with Crippen molar-refractivity contribution in [1.82, 2.24) is 5.32 Å². The number of hydrogen-bond donors (Lipinski definition) is 2. The Kier molecular flexibility index (Phi) is 8.16. The molecule has 2 N–H and O–H groups in total. The van der Waals surface area contributed by atoms with Gasteiger partial charge in [0.2, 0.25) is 0 Å². The van der Waals surface area contributed by atoms with Gasteiger partial charge in [-0.05, 0) is 73.0 Å². The lowest BCUT2D eigenvalue weighted by molar-refractivity contribution is -0.113. The lowest BCUT2D eigenvalue weighted by atomic mass is 10.0. The normalized spacial score (nSPS) is 13.9. The number of aromatic hydroxyl groups is 1. The van der Waals surface area contributed by atoms with Crippen LogP contribution in [0.15, 0.2) is 72.8 Å². The van der Waals surface area contributed by atoms with E-state index in [2.05, 4.69) is 5.32 Å². The largest absolute Gasteiger partial charge is 0.507 e. The van der Waals surface area contributed by atoms with Crippen LogP contribution in [-0.4, -0.2) is 30.1 Å². The SMILES string of the molecule is N#Cc1ccc(/C=C/C(=O)Cc2ccccc2COc2cccc(OC3CCNCC3)c2)cc1O. The van der Waals surface area contributed by atoms with Crippen LogP contribution in [0.4, 0.5) is 0 Å². The molecule has 0 unspecified atom stereocenters. The summed E-state index contributed by atoms with van der Waals surface area (Å²) in [6, 6.07) is 22.0. The number of ketones is 1. The van der Waals surface area contributed by atoms with Gasteiger partial charge in [-0.25, -0.2) is 0 Å². The summed E-state index contributed by atoms with van der Waals surface area (Å²) < 4.78 is 12.1. The lowest BCUT2D eigenvalue weighted by Crippen LogP contribution is -2.34. The van der Waals surface area contributed by atoms with Gasteiger partial charge < -0.3 is 19.9 Å². The van der Waals surface area contributed by atoms with Crippen LogP contribution in [0.1, 0.15) is 35.1 Å². The van der Waals surface area contributed by atoms with Crippen molar-refractivity contribution in [3.05, 3.63) is 95.1 Å². The van der Waals surface area contributed by atoms with Gasteiger partial charge in [0.1, 0.15) is 36.0 Å². The van der Waals surface area contributed by atoms with E-state index in [1.807, 2.05) is 54.6 Å². The summed E-state index contributed by atoms with van der Waals surface area (Å²) in [7, 11) is 0. The maximum atomic E-state index is 12.6. The monoisotopic (exact) mass is 468 g/mol. The number of hydrogen-bond acceptors (Lipinski definition) is 6. The number of carbonyl (C=O) groups excluding carboxylic acids is 1. The Balaban J connectivity index is 1.36. The van der Waals surface area contributed by atoms with Gasteiger partial charge in [-0.1, -0.05) is 42.5 Å². The quantitative estimate of drug-likeness (QED) is 0.439. The van der Waals surface area contributed by atoms with Crippen LogP contribution < -0.4 is 14.8 Å². The van der Waals surface area contributed by atoms with E-state index in [0.717, 1.165) is 48.6 Å². The van der Waals surface area contributed by atoms with Crippen LogP contribution in [0, 0.1) is 11.3 Å². The van der Waals surface area contributed by atoms with Crippen molar-refractivity contribution in [2.45, 2.75) is 32.0 Å². The van der Waals surface area contributed by atoms with E-state index in [1.54, 1.807) is 12.1 Å². The Morgan fingerprint density at radius 1 is 1.03 bits per heavy atom. The van der Waals surface area contributed by atoms with Gasteiger partial charge in [0, 0.05) is 12.5 Å². The van der Waals surface area contributed by atoms with E-state index in [9.17, 15) is 9.90 Å². The fourth-order valence-corrected chi connectivity index (χ4v) is 3.96. The number of nitriles is 1. The molecular weight excluding hydrogens is 440 g/mol. The van der Waals surface area contributed by atoms with E-state index in [1.165, 1.54) is 18.2 Å².